The Kier molecular flexibility index (Phi) is 4.85. The van der Waals surface area contributed by atoms with Crippen LogP contribution in [-0.2, 0) is 14.3 Å². The minimum atomic E-state index is -0.212. The Labute approximate surface area is 150 Å². The molecule has 0 aromatic carbocycles. The van der Waals surface area contributed by atoms with Gasteiger partial charge in [0.2, 0.25) is 22.1 Å². The molecule has 136 valence electrons. The van der Waals surface area contributed by atoms with E-state index in [0.29, 0.717) is 24.6 Å². The average Bonchev–Trinajstić information content (AvgIpc) is 3.37. The maximum absolute atomic E-state index is 12.6. The van der Waals surface area contributed by atoms with Gasteiger partial charge >= 0.3 is 0 Å². The smallest absolute Gasteiger partial charge is 0.242 e. The molecule has 2 atom stereocenters. The minimum absolute atomic E-state index is 0.0296. The molecule has 4 heterocycles. The van der Waals surface area contributed by atoms with Gasteiger partial charge in [0.1, 0.15) is 6.04 Å². The summed E-state index contributed by atoms with van der Waals surface area (Å²) in [6, 6.07) is -0.212. The van der Waals surface area contributed by atoms with Gasteiger partial charge in [-0.05, 0) is 32.1 Å². The number of hydrogen-bond donors (Lipinski definition) is 1. The summed E-state index contributed by atoms with van der Waals surface area (Å²) in [4.78, 5) is 28.2. The van der Waals surface area contributed by atoms with E-state index in [9.17, 15) is 9.59 Å². The number of ether oxygens (including phenoxy) is 1. The third-order valence-corrected chi connectivity index (χ3v) is 6.02. The van der Waals surface area contributed by atoms with Crippen molar-refractivity contribution in [3.05, 3.63) is 0 Å². The molecule has 0 aliphatic carbocycles. The van der Waals surface area contributed by atoms with Crippen molar-refractivity contribution in [2.24, 2.45) is 0 Å². The van der Waals surface area contributed by atoms with Crippen LogP contribution in [0.25, 0.3) is 0 Å². The number of carbonyl (C=O) groups is 2. The number of nitrogens with one attached hydrogen (secondary N) is 1. The molecule has 9 heteroatoms. The van der Waals surface area contributed by atoms with Crippen molar-refractivity contribution in [2.75, 3.05) is 36.0 Å². The van der Waals surface area contributed by atoms with Crippen molar-refractivity contribution in [1.82, 2.24) is 15.5 Å². The monoisotopic (exact) mass is 365 g/mol. The molecular formula is C16H23N5O3S. The topological polar surface area (TPSA) is 87.7 Å². The van der Waals surface area contributed by atoms with Crippen LogP contribution in [0.15, 0.2) is 0 Å². The second-order valence-electron chi connectivity index (χ2n) is 6.75. The van der Waals surface area contributed by atoms with E-state index < -0.39 is 0 Å². The van der Waals surface area contributed by atoms with E-state index >= 15 is 0 Å². The molecule has 0 spiro atoms. The lowest BCUT2D eigenvalue weighted by molar-refractivity contribution is -0.122. The van der Waals surface area contributed by atoms with Crippen LogP contribution in [0.5, 0.6) is 0 Å². The molecule has 3 fully saturated rings. The summed E-state index contributed by atoms with van der Waals surface area (Å²) < 4.78 is 5.56. The van der Waals surface area contributed by atoms with Gasteiger partial charge in [0.25, 0.3) is 0 Å². The number of hydrogen-bond acceptors (Lipinski definition) is 7. The van der Waals surface area contributed by atoms with Crippen molar-refractivity contribution in [1.29, 1.82) is 0 Å². The van der Waals surface area contributed by atoms with Crippen molar-refractivity contribution in [3.63, 3.8) is 0 Å². The Hall–Kier alpha value is -1.74. The summed E-state index contributed by atoms with van der Waals surface area (Å²) >= 11 is 1.40. The minimum Gasteiger partial charge on any atom is -0.376 e. The molecule has 4 rings (SSSR count). The van der Waals surface area contributed by atoms with Gasteiger partial charge in [-0.25, -0.2) is 0 Å². The van der Waals surface area contributed by atoms with Crippen LogP contribution in [0.1, 0.15) is 38.5 Å². The third kappa shape index (κ3) is 3.48. The van der Waals surface area contributed by atoms with Crippen molar-refractivity contribution in [3.8, 4) is 0 Å². The fourth-order valence-corrected chi connectivity index (χ4v) is 4.66. The summed E-state index contributed by atoms with van der Waals surface area (Å²) in [5.74, 6) is 0.136. The van der Waals surface area contributed by atoms with Gasteiger partial charge < -0.3 is 15.0 Å². The van der Waals surface area contributed by atoms with Crippen molar-refractivity contribution in [2.45, 2.75) is 50.7 Å². The number of anilines is 2. The van der Waals surface area contributed by atoms with Crippen LogP contribution in [-0.4, -0.2) is 60.4 Å². The maximum Gasteiger partial charge on any atom is 0.242 e. The largest absolute Gasteiger partial charge is 0.376 e. The van der Waals surface area contributed by atoms with Crippen LogP contribution in [0.2, 0.25) is 0 Å². The molecule has 1 N–H and O–H groups in total. The highest BCUT2D eigenvalue weighted by Crippen LogP contribution is 2.33. The lowest BCUT2D eigenvalue weighted by atomic mass is 10.2. The Morgan fingerprint density at radius 2 is 2.08 bits per heavy atom. The van der Waals surface area contributed by atoms with Gasteiger partial charge in [-0.2, -0.15) is 0 Å². The number of amides is 2. The van der Waals surface area contributed by atoms with Crippen LogP contribution in [0.4, 0.5) is 10.3 Å². The van der Waals surface area contributed by atoms with Crippen molar-refractivity contribution >= 4 is 33.4 Å². The molecule has 2 unspecified atom stereocenters. The molecule has 0 saturated carbocycles. The number of rotatable bonds is 5. The van der Waals surface area contributed by atoms with E-state index in [1.165, 1.54) is 11.3 Å². The first-order valence-corrected chi connectivity index (χ1v) is 9.84. The SMILES string of the molecule is O=C(NCC1CCCO1)C1CCCN1c1nnc(N2CCCC2=O)s1. The van der Waals surface area contributed by atoms with E-state index in [0.717, 1.165) is 50.4 Å². The van der Waals surface area contributed by atoms with Gasteiger partial charge in [0, 0.05) is 32.7 Å². The first-order chi connectivity index (χ1) is 12.2. The Bertz CT molecular complexity index is 645. The summed E-state index contributed by atoms with van der Waals surface area (Å²) in [5.41, 5.74) is 0. The predicted octanol–water partition coefficient (Wildman–Crippen LogP) is 0.929. The van der Waals surface area contributed by atoms with E-state index in [-0.39, 0.29) is 24.0 Å². The quantitative estimate of drug-likeness (QED) is 0.835. The molecule has 8 nitrogen and oxygen atoms in total. The molecule has 3 aliphatic rings. The van der Waals surface area contributed by atoms with Crippen LogP contribution >= 0.6 is 11.3 Å². The summed E-state index contributed by atoms with van der Waals surface area (Å²) in [6.07, 6.45) is 5.44. The van der Waals surface area contributed by atoms with Crippen LogP contribution in [0.3, 0.4) is 0 Å². The highest BCUT2D eigenvalue weighted by molar-refractivity contribution is 7.19. The molecule has 1 aromatic heterocycles. The lowest BCUT2D eigenvalue weighted by Gasteiger charge is -2.23. The molecule has 3 saturated heterocycles. The zero-order chi connectivity index (χ0) is 17.2. The van der Waals surface area contributed by atoms with E-state index in [1.54, 1.807) is 4.90 Å². The Balaban J connectivity index is 1.39. The van der Waals surface area contributed by atoms with Crippen LogP contribution < -0.4 is 15.1 Å². The second-order valence-corrected chi connectivity index (χ2v) is 7.68. The zero-order valence-corrected chi connectivity index (χ0v) is 15.0. The van der Waals surface area contributed by atoms with E-state index in [4.69, 9.17) is 4.74 Å². The number of aromatic nitrogens is 2. The molecule has 0 bridgehead atoms. The Morgan fingerprint density at radius 1 is 1.20 bits per heavy atom. The summed E-state index contributed by atoms with van der Waals surface area (Å²) in [6.45, 7) is 2.87. The van der Waals surface area contributed by atoms with Gasteiger partial charge in [-0.15, -0.1) is 10.2 Å². The molecule has 0 radical (unpaired) electrons. The summed E-state index contributed by atoms with van der Waals surface area (Å²) in [5, 5.41) is 12.8. The second kappa shape index (κ2) is 7.25. The van der Waals surface area contributed by atoms with Gasteiger partial charge in [0.05, 0.1) is 6.10 Å². The first-order valence-electron chi connectivity index (χ1n) is 9.02. The maximum atomic E-state index is 12.6. The molecule has 2 amide bonds. The van der Waals surface area contributed by atoms with E-state index in [2.05, 4.69) is 15.5 Å². The highest BCUT2D eigenvalue weighted by Gasteiger charge is 2.34. The third-order valence-electron chi connectivity index (χ3n) is 5.04. The first kappa shape index (κ1) is 16.7. The Morgan fingerprint density at radius 3 is 2.84 bits per heavy atom. The lowest BCUT2D eigenvalue weighted by Crippen LogP contribution is -2.45. The number of nitrogens with zero attached hydrogens (tertiary/aromatic N) is 4. The molecule has 1 aromatic rings. The summed E-state index contributed by atoms with van der Waals surface area (Å²) in [7, 11) is 0. The zero-order valence-electron chi connectivity index (χ0n) is 14.1. The van der Waals surface area contributed by atoms with Gasteiger partial charge in [0.15, 0.2) is 0 Å². The standard InChI is InChI=1S/C16H23N5O3S/c22-13-6-2-8-21(13)16-19-18-15(25-16)20-7-1-5-12(20)14(23)17-10-11-4-3-9-24-11/h11-12H,1-10H2,(H,17,23). The van der Waals surface area contributed by atoms with Crippen molar-refractivity contribution < 1.29 is 14.3 Å². The van der Waals surface area contributed by atoms with E-state index in [1.807, 2.05) is 4.90 Å². The van der Waals surface area contributed by atoms with Gasteiger partial charge in [-0.1, -0.05) is 11.3 Å². The predicted molar refractivity (Wildman–Crippen MR) is 93.8 cm³/mol. The van der Waals surface area contributed by atoms with Gasteiger partial charge in [-0.3, -0.25) is 14.5 Å². The fourth-order valence-electron chi connectivity index (χ4n) is 3.69. The fraction of sp³-hybridized carbons (Fsp3) is 0.750. The normalized spacial score (nSPS) is 26.6. The average molecular weight is 365 g/mol. The molecule has 25 heavy (non-hydrogen) atoms. The number of carbonyl (C=O) groups excluding carboxylic acids is 2. The molecular weight excluding hydrogens is 342 g/mol. The van der Waals surface area contributed by atoms with Crippen LogP contribution in [0, 0.1) is 0 Å². The highest BCUT2D eigenvalue weighted by atomic mass is 32.1. The molecule has 3 aliphatic heterocycles.